The number of aryl methyl sites for hydroxylation is 1. The average Bonchev–Trinajstić information content (AvgIpc) is 3.61. The summed E-state index contributed by atoms with van der Waals surface area (Å²) < 4.78 is 7.62. The van der Waals surface area contributed by atoms with Crippen molar-refractivity contribution < 1.29 is 9.32 Å². The molecular weight excluding hydrogens is 366 g/mol. The molecule has 0 aliphatic heterocycles. The molecule has 3 aliphatic carbocycles. The van der Waals surface area contributed by atoms with Crippen molar-refractivity contribution in [3.8, 4) is 0 Å². The van der Waals surface area contributed by atoms with Gasteiger partial charge >= 0.3 is 0 Å². The van der Waals surface area contributed by atoms with Gasteiger partial charge in [0.15, 0.2) is 5.82 Å². The van der Waals surface area contributed by atoms with E-state index in [0.29, 0.717) is 35.0 Å². The standard InChI is InChI=1S/C22H25N5O2/c1-12-10-18(25-27(12)15-4-2-3-5-15)24-21(28)16-11-17(13-6-7-13)23-22-19(16)20(26-29-22)14-8-9-14/h10-11,13-15H,2-9H2,1H3,(H,24,25,28). The molecular formula is C22H25N5O2. The lowest BCUT2D eigenvalue weighted by atomic mass is 10.1. The molecule has 3 saturated carbocycles. The number of nitrogens with one attached hydrogen (secondary N) is 1. The predicted molar refractivity (Wildman–Crippen MR) is 108 cm³/mol. The first-order valence-electron chi connectivity index (χ1n) is 10.8. The molecule has 3 fully saturated rings. The molecule has 3 aliphatic rings. The third-order valence-corrected chi connectivity index (χ3v) is 6.53. The van der Waals surface area contributed by atoms with Crippen LogP contribution in [0.3, 0.4) is 0 Å². The van der Waals surface area contributed by atoms with Crippen molar-refractivity contribution in [2.24, 2.45) is 0 Å². The van der Waals surface area contributed by atoms with Crippen molar-refractivity contribution in [3.63, 3.8) is 0 Å². The van der Waals surface area contributed by atoms with Gasteiger partial charge in [0.2, 0.25) is 0 Å². The van der Waals surface area contributed by atoms with E-state index < -0.39 is 0 Å². The molecule has 1 N–H and O–H groups in total. The van der Waals surface area contributed by atoms with Crippen LogP contribution in [0.25, 0.3) is 11.1 Å². The highest BCUT2D eigenvalue weighted by Crippen LogP contribution is 2.45. The average molecular weight is 391 g/mol. The van der Waals surface area contributed by atoms with Gasteiger partial charge in [-0.25, -0.2) is 4.98 Å². The fourth-order valence-electron chi connectivity index (χ4n) is 4.65. The Balaban J connectivity index is 1.36. The molecule has 0 aromatic carbocycles. The van der Waals surface area contributed by atoms with E-state index in [1.807, 2.05) is 12.1 Å². The summed E-state index contributed by atoms with van der Waals surface area (Å²) in [4.78, 5) is 18.0. The van der Waals surface area contributed by atoms with Gasteiger partial charge in [0.05, 0.1) is 22.7 Å². The molecule has 0 bridgehead atoms. The van der Waals surface area contributed by atoms with Crippen LogP contribution < -0.4 is 5.32 Å². The van der Waals surface area contributed by atoms with Gasteiger partial charge in [-0.15, -0.1) is 0 Å². The largest absolute Gasteiger partial charge is 0.335 e. The lowest BCUT2D eigenvalue weighted by Crippen LogP contribution is -2.15. The molecule has 1 amide bonds. The Bertz CT molecular complexity index is 1100. The Morgan fingerprint density at radius 1 is 1.10 bits per heavy atom. The van der Waals surface area contributed by atoms with Gasteiger partial charge in [0.25, 0.3) is 11.6 Å². The highest BCUT2D eigenvalue weighted by molar-refractivity contribution is 6.12. The lowest BCUT2D eigenvalue weighted by Gasteiger charge is -2.11. The molecule has 0 unspecified atom stereocenters. The van der Waals surface area contributed by atoms with Crippen LogP contribution in [0.1, 0.15) is 96.7 Å². The normalized spacial score (nSPS) is 19.9. The molecule has 0 atom stereocenters. The molecule has 29 heavy (non-hydrogen) atoms. The topological polar surface area (TPSA) is 85.8 Å². The molecule has 150 valence electrons. The summed E-state index contributed by atoms with van der Waals surface area (Å²) in [6.07, 6.45) is 9.26. The minimum atomic E-state index is -0.152. The number of rotatable bonds is 5. The van der Waals surface area contributed by atoms with Crippen LogP contribution in [-0.4, -0.2) is 25.8 Å². The van der Waals surface area contributed by atoms with Crippen molar-refractivity contribution >= 4 is 22.8 Å². The number of nitrogens with zero attached hydrogens (tertiary/aromatic N) is 4. The fourth-order valence-corrected chi connectivity index (χ4v) is 4.65. The lowest BCUT2D eigenvalue weighted by molar-refractivity contribution is 0.102. The van der Waals surface area contributed by atoms with Crippen LogP contribution in [0, 0.1) is 6.92 Å². The van der Waals surface area contributed by atoms with Crippen molar-refractivity contribution in [3.05, 3.63) is 34.8 Å². The van der Waals surface area contributed by atoms with Crippen LogP contribution in [-0.2, 0) is 0 Å². The number of carbonyl (C=O) groups is 1. The van der Waals surface area contributed by atoms with Crippen LogP contribution in [0.2, 0.25) is 0 Å². The van der Waals surface area contributed by atoms with Crippen molar-refractivity contribution in [1.82, 2.24) is 19.9 Å². The Labute approximate surface area is 168 Å². The molecule has 6 rings (SSSR count). The SMILES string of the molecule is Cc1cc(NC(=O)c2cc(C3CC3)nc3onc(C4CC4)c23)nn1C1CCCC1. The van der Waals surface area contributed by atoms with Crippen LogP contribution >= 0.6 is 0 Å². The van der Waals surface area contributed by atoms with Crippen molar-refractivity contribution in [1.29, 1.82) is 0 Å². The van der Waals surface area contributed by atoms with Gasteiger partial charge in [0, 0.05) is 29.3 Å². The van der Waals surface area contributed by atoms with Crippen LogP contribution in [0.4, 0.5) is 5.82 Å². The Morgan fingerprint density at radius 2 is 1.86 bits per heavy atom. The van der Waals surface area contributed by atoms with Gasteiger partial charge in [-0.1, -0.05) is 18.0 Å². The number of hydrogen-bond donors (Lipinski definition) is 1. The summed E-state index contributed by atoms with van der Waals surface area (Å²) in [5.74, 6) is 1.28. The van der Waals surface area contributed by atoms with Crippen molar-refractivity contribution in [2.45, 2.75) is 76.2 Å². The van der Waals surface area contributed by atoms with Crippen molar-refractivity contribution in [2.75, 3.05) is 5.32 Å². The van der Waals surface area contributed by atoms with E-state index in [1.165, 1.54) is 12.8 Å². The minimum absolute atomic E-state index is 0.152. The highest BCUT2D eigenvalue weighted by Gasteiger charge is 2.34. The zero-order valence-electron chi connectivity index (χ0n) is 16.6. The van der Waals surface area contributed by atoms with E-state index in [0.717, 1.165) is 61.0 Å². The van der Waals surface area contributed by atoms with Gasteiger partial charge in [0.1, 0.15) is 0 Å². The Kier molecular flexibility index (Phi) is 3.79. The summed E-state index contributed by atoms with van der Waals surface area (Å²) in [6.45, 7) is 2.06. The summed E-state index contributed by atoms with van der Waals surface area (Å²) in [6, 6.07) is 4.36. The molecule has 7 nitrogen and oxygen atoms in total. The number of pyridine rings is 1. The monoisotopic (exact) mass is 391 g/mol. The molecule has 0 saturated heterocycles. The molecule has 3 aromatic heterocycles. The van der Waals surface area contributed by atoms with E-state index in [-0.39, 0.29) is 5.91 Å². The van der Waals surface area contributed by atoms with E-state index in [9.17, 15) is 4.79 Å². The van der Waals surface area contributed by atoms with Gasteiger partial charge in [-0.05, 0) is 51.5 Å². The summed E-state index contributed by atoms with van der Waals surface area (Å²) >= 11 is 0. The predicted octanol–water partition coefficient (Wildman–Crippen LogP) is 4.85. The maximum absolute atomic E-state index is 13.3. The second kappa shape index (κ2) is 6.40. The first-order chi connectivity index (χ1) is 14.2. The minimum Gasteiger partial charge on any atom is -0.335 e. The molecule has 3 heterocycles. The number of fused-ring (bicyclic) bond motifs is 1. The van der Waals surface area contributed by atoms with E-state index in [4.69, 9.17) is 9.62 Å². The second-order valence-electron chi connectivity index (χ2n) is 8.90. The zero-order chi connectivity index (χ0) is 19.5. The van der Waals surface area contributed by atoms with E-state index in [1.54, 1.807) is 0 Å². The number of carbonyl (C=O) groups excluding carboxylic acids is 1. The Morgan fingerprint density at radius 3 is 2.59 bits per heavy atom. The van der Waals surface area contributed by atoms with Gasteiger partial charge < -0.3 is 9.84 Å². The number of amides is 1. The second-order valence-corrected chi connectivity index (χ2v) is 8.90. The summed E-state index contributed by atoms with van der Waals surface area (Å²) in [7, 11) is 0. The number of aromatic nitrogens is 4. The molecule has 7 heteroatoms. The molecule has 3 aromatic rings. The van der Waals surface area contributed by atoms with Gasteiger partial charge in [-0.3, -0.25) is 9.48 Å². The van der Waals surface area contributed by atoms with Crippen LogP contribution in [0.5, 0.6) is 0 Å². The highest BCUT2D eigenvalue weighted by atomic mass is 16.5. The molecule has 0 spiro atoms. The summed E-state index contributed by atoms with van der Waals surface area (Å²) in [5.41, 5.74) is 4.03. The third-order valence-electron chi connectivity index (χ3n) is 6.53. The van der Waals surface area contributed by atoms with E-state index in [2.05, 4.69) is 27.1 Å². The third kappa shape index (κ3) is 3.03. The fraction of sp³-hybridized carbons (Fsp3) is 0.545. The zero-order valence-corrected chi connectivity index (χ0v) is 16.6. The maximum Gasteiger partial charge on any atom is 0.259 e. The molecule has 0 radical (unpaired) electrons. The first kappa shape index (κ1) is 17.2. The van der Waals surface area contributed by atoms with Gasteiger partial charge in [-0.2, -0.15) is 5.10 Å². The summed E-state index contributed by atoms with van der Waals surface area (Å²) in [5, 5.41) is 12.8. The smallest absolute Gasteiger partial charge is 0.259 e. The van der Waals surface area contributed by atoms with E-state index >= 15 is 0 Å². The number of hydrogen-bond acceptors (Lipinski definition) is 5. The van der Waals surface area contributed by atoms with Crippen LogP contribution in [0.15, 0.2) is 16.7 Å². The maximum atomic E-state index is 13.3. The first-order valence-corrected chi connectivity index (χ1v) is 10.8. The Hall–Kier alpha value is -2.70. The quantitative estimate of drug-likeness (QED) is 0.672. The number of anilines is 1.